The van der Waals surface area contributed by atoms with Crippen molar-refractivity contribution >= 4 is 67.7 Å². The molecule has 0 spiro atoms. The first-order valence-electron chi connectivity index (χ1n) is 12.0. The van der Waals surface area contributed by atoms with Crippen molar-refractivity contribution in [3.05, 3.63) is 92.6 Å². The Morgan fingerprint density at radius 1 is 0.974 bits per heavy atom. The molecule has 8 nitrogen and oxygen atoms in total. The van der Waals surface area contributed by atoms with Crippen LogP contribution in [0.1, 0.15) is 21.6 Å². The molecule has 0 saturated heterocycles. The van der Waals surface area contributed by atoms with Crippen LogP contribution in [0.25, 0.3) is 16.6 Å². The Labute approximate surface area is 240 Å². The van der Waals surface area contributed by atoms with Crippen molar-refractivity contribution in [3.63, 3.8) is 0 Å². The minimum atomic E-state index is -4.01. The van der Waals surface area contributed by atoms with Crippen molar-refractivity contribution in [2.24, 2.45) is 0 Å². The molecule has 1 aliphatic rings. The summed E-state index contributed by atoms with van der Waals surface area (Å²) in [5.74, 6) is -0.0764. The molecule has 3 amide bonds. The second-order valence-electron chi connectivity index (χ2n) is 9.15. The number of rotatable bonds is 6. The van der Waals surface area contributed by atoms with Crippen LogP contribution in [0.3, 0.4) is 0 Å². The van der Waals surface area contributed by atoms with Gasteiger partial charge in [0, 0.05) is 36.2 Å². The summed E-state index contributed by atoms with van der Waals surface area (Å²) >= 11 is 18.4. The van der Waals surface area contributed by atoms with Gasteiger partial charge in [-0.15, -0.1) is 0 Å². The molecule has 39 heavy (non-hydrogen) atoms. The molecule has 4 aromatic rings. The Morgan fingerprint density at radius 2 is 1.64 bits per heavy atom. The minimum absolute atomic E-state index is 0.0643. The zero-order chi connectivity index (χ0) is 27.9. The highest BCUT2D eigenvalue weighted by molar-refractivity contribution is 7.90. The van der Waals surface area contributed by atoms with Gasteiger partial charge in [-0.2, -0.15) is 0 Å². The van der Waals surface area contributed by atoms with Crippen molar-refractivity contribution in [2.45, 2.75) is 17.7 Å². The number of benzene rings is 3. The second-order valence-corrected chi connectivity index (χ2v) is 12.1. The highest BCUT2D eigenvalue weighted by atomic mass is 35.5. The molecule has 1 aliphatic heterocycles. The van der Waals surface area contributed by atoms with Crippen molar-refractivity contribution in [1.29, 1.82) is 0 Å². The van der Waals surface area contributed by atoms with Gasteiger partial charge in [0.25, 0.3) is 15.9 Å². The number of urea groups is 1. The molecule has 0 fully saturated rings. The van der Waals surface area contributed by atoms with Gasteiger partial charge < -0.3 is 14.8 Å². The lowest BCUT2D eigenvalue weighted by Crippen LogP contribution is -2.40. The highest BCUT2D eigenvalue weighted by Gasteiger charge is 2.30. The molecule has 0 bridgehead atoms. The molecule has 12 heteroatoms. The van der Waals surface area contributed by atoms with E-state index >= 15 is 0 Å². The summed E-state index contributed by atoms with van der Waals surface area (Å²) in [7, 11) is -2.24. The quantitative estimate of drug-likeness (QED) is 0.305. The number of aromatic nitrogens is 1. The fourth-order valence-electron chi connectivity index (χ4n) is 4.62. The predicted molar refractivity (Wildman–Crippen MR) is 153 cm³/mol. The number of sulfonamides is 1. The number of amides is 3. The second kappa shape index (κ2) is 10.7. The maximum atomic E-state index is 13.2. The SMILES string of the molecule is CN1CCc2c(n(-c3ccc(CCNC(=O)NS(=O)(=O)c4ccc(Cl)cc4)cc3)c3cc(Cl)c(Cl)cc23)C1=O. The lowest BCUT2D eigenvalue weighted by atomic mass is 10.0. The molecule has 5 rings (SSSR count). The standard InChI is InChI=1S/C27H23Cl3N4O4S/c1-33-13-11-20-21-14-22(29)23(30)15-24(21)34(25(20)26(33)35)18-6-2-16(3-7-18)10-12-31-27(36)32-39(37,38)19-8-4-17(28)5-9-19/h2-9,14-15H,10-13H2,1H3,(H2,31,32,36). The van der Waals surface area contributed by atoms with Crippen molar-refractivity contribution in [2.75, 3.05) is 20.1 Å². The van der Waals surface area contributed by atoms with E-state index in [4.69, 9.17) is 34.8 Å². The van der Waals surface area contributed by atoms with Crippen LogP contribution in [0.4, 0.5) is 4.79 Å². The average molecular weight is 606 g/mol. The highest BCUT2D eigenvalue weighted by Crippen LogP contribution is 2.37. The molecule has 0 unspecified atom stereocenters. The maximum absolute atomic E-state index is 13.2. The number of carbonyl (C=O) groups is 2. The van der Waals surface area contributed by atoms with Crippen molar-refractivity contribution in [1.82, 2.24) is 19.5 Å². The van der Waals surface area contributed by atoms with Gasteiger partial charge in [0.1, 0.15) is 5.69 Å². The molecule has 3 aromatic carbocycles. The van der Waals surface area contributed by atoms with E-state index in [-0.39, 0.29) is 17.3 Å². The molecule has 2 heterocycles. The van der Waals surface area contributed by atoms with Crippen molar-refractivity contribution < 1.29 is 18.0 Å². The molecular formula is C27H23Cl3N4O4S. The van der Waals surface area contributed by atoms with E-state index in [9.17, 15) is 18.0 Å². The summed E-state index contributed by atoms with van der Waals surface area (Å²) in [6, 6.07) is 15.8. The van der Waals surface area contributed by atoms with Gasteiger partial charge in [0.2, 0.25) is 0 Å². The van der Waals surface area contributed by atoms with Gasteiger partial charge in [-0.3, -0.25) is 4.79 Å². The summed E-state index contributed by atoms with van der Waals surface area (Å²) < 4.78 is 28.6. The van der Waals surface area contributed by atoms with E-state index in [1.54, 1.807) is 18.0 Å². The first kappa shape index (κ1) is 27.3. The maximum Gasteiger partial charge on any atom is 0.328 e. The van der Waals surface area contributed by atoms with Gasteiger partial charge in [0.05, 0.1) is 20.5 Å². The Morgan fingerprint density at radius 3 is 2.33 bits per heavy atom. The van der Waals surface area contributed by atoms with Crippen LogP contribution >= 0.6 is 34.8 Å². The lowest BCUT2D eigenvalue weighted by Gasteiger charge is -2.24. The third-order valence-electron chi connectivity index (χ3n) is 6.61. The molecule has 0 aliphatic carbocycles. The predicted octanol–water partition coefficient (Wildman–Crippen LogP) is 5.45. The summed E-state index contributed by atoms with van der Waals surface area (Å²) in [5, 5.41) is 4.68. The van der Waals surface area contributed by atoms with E-state index in [0.717, 1.165) is 27.7 Å². The molecule has 0 radical (unpaired) electrons. The minimum Gasteiger partial charge on any atom is -0.340 e. The molecule has 0 atom stereocenters. The first-order chi connectivity index (χ1) is 18.5. The molecule has 0 saturated carbocycles. The number of likely N-dealkylation sites (N-methyl/N-ethyl adjacent to an activating group) is 1. The third-order valence-corrected chi connectivity index (χ3v) is 8.93. The fourth-order valence-corrected chi connectivity index (χ4v) is 5.99. The largest absolute Gasteiger partial charge is 0.340 e. The van der Waals surface area contributed by atoms with Gasteiger partial charge in [0.15, 0.2) is 0 Å². The molecule has 202 valence electrons. The van der Waals surface area contributed by atoms with E-state index in [0.29, 0.717) is 40.1 Å². The van der Waals surface area contributed by atoms with Crippen molar-refractivity contribution in [3.8, 4) is 5.69 Å². The van der Waals surface area contributed by atoms with Gasteiger partial charge in [-0.1, -0.05) is 46.9 Å². The third kappa shape index (κ3) is 5.45. The number of hydrogen-bond donors (Lipinski definition) is 2. The van der Waals surface area contributed by atoms with Crippen LogP contribution in [-0.2, 0) is 22.9 Å². The Bertz CT molecular complexity index is 1700. The molecular weight excluding hydrogens is 583 g/mol. The van der Waals surface area contributed by atoms with E-state index in [2.05, 4.69) is 5.32 Å². The van der Waals surface area contributed by atoms with Gasteiger partial charge in [-0.25, -0.2) is 17.9 Å². The summed E-state index contributed by atoms with van der Waals surface area (Å²) in [5.41, 5.74) is 4.02. The van der Waals surface area contributed by atoms with Crippen LogP contribution in [0.5, 0.6) is 0 Å². The molecule has 2 N–H and O–H groups in total. The Hall–Kier alpha value is -3.24. The smallest absolute Gasteiger partial charge is 0.328 e. The van der Waals surface area contributed by atoms with E-state index in [1.807, 2.05) is 39.6 Å². The Balaban J connectivity index is 1.31. The van der Waals surface area contributed by atoms with E-state index in [1.165, 1.54) is 24.3 Å². The molecule has 1 aromatic heterocycles. The zero-order valence-corrected chi connectivity index (χ0v) is 23.8. The normalized spacial score (nSPS) is 13.4. The summed E-state index contributed by atoms with van der Waals surface area (Å²) in [6.45, 7) is 0.826. The number of carbonyl (C=O) groups excluding carboxylic acids is 2. The first-order valence-corrected chi connectivity index (χ1v) is 14.6. The summed E-state index contributed by atoms with van der Waals surface area (Å²) in [4.78, 5) is 27.0. The number of nitrogens with one attached hydrogen (secondary N) is 2. The van der Waals surface area contributed by atoms with Crippen LogP contribution in [0, 0.1) is 0 Å². The monoisotopic (exact) mass is 604 g/mol. The topological polar surface area (TPSA) is 101 Å². The summed E-state index contributed by atoms with van der Waals surface area (Å²) in [6.07, 6.45) is 1.17. The van der Waals surface area contributed by atoms with Crippen LogP contribution in [0.2, 0.25) is 15.1 Å². The zero-order valence-electron chi connectivity index (χ0n) is 20.7. The number of fused-ring (bicyclic) bond motifs is 3. The fraction of sp³-hybridized carbons (Fsp3) is 0.185. The number of nitrogens with zero attached hydrogens (tertiary/aromatic N) is 2. The number of halogens is 3. The van der Waals surface area contributed by atoms with E-state index < -0.39 is 16.1 Å². The van der Waals surface area contributed by atoms with Crippen LogP contribution in [0.15, 0.2) is 65.6 Å². The van der Waals surface area contributed by atoms with Crippen LogP contribution in [-0.4, -0.2) is 50.0 Å². The number of hydrogen-bond acceptors (Lipinski definition) is 4. The Kier molecular flexibility index (Phi) is 7.52. The van der Waals surface area contributed by atoms with Gasteiger partial charge >= 0.3 is 6.03 Å². The van der Waals surface area contributed by atoms with Crippen LogP contribution < -0.4 is 10.0 Å². The lowest BCUT2D eigenvalue weighted by molar-refractivity contribution is 0.0773. The van der Waals surface area contributed by atoms with Gasteiger partial charge in [-0.05, 0) is 72.5 Å². The average Bonchev–Trinajstić information content (AvgIpc) is 3.20.